The highest BCUT2D eigenvalue weighted by atomic mass is 32.2. The van der Waals surface area contributed by atoms with Crippen molar-refractivity contribution in [2.75, 3.05) is 19.7 Å². The molecule has 1 aromatic rings. The van der Waals surface area contributed by atoms with E-state index in [1.54, 1.807) is 24.3 Å². The van der Waals surface area contributed by atoms with Crippen LogP contribution in [0.4, 0.5) is 0 Å². The second-order valence-electron chi connectivity index (χ2n) is 8.53. The van der Waals surface area contributed by atoms with Gasteiger partial charge in [0.25, 0.3) is 0 Å². The van der Waals surface area contributed by atoms with Gasteiger partial charge in [0, 0.05) is 25.0 Å². The molecule has 1 heterocycles. The predicted octanol–water partition coefficient (Wildman–Crippen LogP) is 3.96. The van der Waals surface area contributed by atoms with E-state index < -0.39 is 10.0 Å². The van der Waals surface area contributed by atoms with Gasteiger partial charge in [-0.05, 0) is 69.2 Å². The number of nitrogens with zero attached hydrogens (tertiary/aromatic N) is 1. The van der Waals surface area contributed by atoms with Crippen LogP contribution in [0, 0.1) is 11.8 Å². The molecule has 6 nitrogen and oxygen atoms in total. The first-order chi connectivity index (χ1) is 14.5. The zero-order valence-electron chi connectivity index (χ0n) is 18.3. The molecule has 2 unspecified atom stereocenters. The molecule has 3 rings (SSSR count). The summed E-state index contributed by atoms with van der Waals surface area (Å²) in [5.41, 5.74) is 0. The number of carbonyl (C=O) groups excluding carboxylic acids is 1. The molecular formula is C23H36N2O4S. The Balaban J connectivity index is 1.52. The third-order valence-corrected chi connectivity index (χ3v) is 8.43. The minimum Gasteiger partial charge on any atom is -0.494 e. The van der Waals surface area contributed by atoms with Gasteiger partial charge in [-0.15, -0.1) is 0 Å². The molecule has 168 valence electrons. The van der Waals surface area contributed by atoms with Gasteiger partial charge in [0.15, 0.2) is 0 Å². The summed E-state index contributed by atoms with van der Waals surface area (Å²) in [4.78, 5) is 13.1. The van der Waals surface area contributed by atoms with Crippen LogP contribution in [0.25, 0.3) is 0 Å². The van der Waals surface area contributed by atoms with Gasteiger partial charge in [0.2, 0.25) is 15.9 Å². The van der Waals surface area contributed by atoms with Crippen molar-refractivity contribution in [2.24, 2.45) is 11.8 Å². The fraction of sp³-hybridized carbons (Fsp3) is 0.696. The zero-order chi connectivity index (χ0) is 21.6. The van der Waals surface area contributed by atoms with Crippen molar-refractivity contribution in [1.82, 2.24) is 9.62 Å². The molecular weight excluding hydrogens is 400 g/mol. The Morgan fingerprint density at radius 1 is 1.10 bits per heavy atom. The van der Waals surface area contributed by atoms with Crippen LogP contribution in [-0.2, 0) is 14.8 Å². The van der Waals surface area contributed by atoms with E-state index in [0.717, 1.165) is 6.42 Å². The fourth-order valence-electron chi connectivity index (χ4n) is 4.72. The lowest BCUT2D eigenvalue weighted by molar-refractivity contribution is -0.127. The topological polar surface area (TPSA) is 75.7 Å². The minimum absolute atomic E-state index is 0.0933. The van der Waals surface area contributed by atoms with Gasteiger partial charge in [-0.25, -0.2) is 8.42 Å². The number of rotatable bonds is 9. The average molecular weight is 437 g/mol. The van der Waals surface area contributed by atoms with Crippen molar-refractivity contribution in [2.45, 2.75) is 76.2 Å². The quantitative estimate of drug-likeness (QED) is 0.636. The monoisotopic (exact) mass is 436 g/mol. The van der Waals surface area contributed by atoms with Crippen molar-refractivity contribution in [1.29, 1.82) is 0 Å². The first-order valence-corrected chi connectivity index (χ1v) is 12.9. The third kappa shape index (κ3) is 5.55. The highest BCUT2D eigenvalue weighted by molar-refractivity contribution is 7.89. The van der Waals surface area contributed by atoms with Gasteiger partial charge in [0.1, 0.15) is 5.75 Å². The normalized spacial score (nSPS) is 23.4. The number of nitrogens with one attached hydrogen (secondary N) is 1. The molecule has 1 aliphatic heterocycles. The number of unbranched alkanes of at least 4 members (excludes halogenated alkanes) is 1. The Labute approximate surface area is 181 Å². The summed E-state index contributed by atoms with van der Waals surface area (Å²) in [6.45, 7) is 5.41. The van der Waals surface area contributed by atoms with E-state index in [4.69, 9.17) is 4.74 Å². The van der Waals surface area contributed by atoms with Crippen molar-refractivity contribution in [3.8, 4) is 5.75 Å². The zero-order valence-corrected chi connectivity index (χ0v) is 19.1. The summed E-state index contributed by atoms with van der Waals surface area (Å²) in [6, 6.07) is 6.86. The fourth-order valence-corrected chi connectivity index (χ4v) is 6.19. The van der Waals surface area contributed by atoms with E-state index in [1.807, 2.05) is 6.92 Å². The van der Waals surface area contributed by atoms with Gasteiger partial charge in [-0.2, -0.15) is 4.31 Å². The third-order valence-electron chi connectivity index (χ3n) is 6.51. The van der Waals surface area contributed by atoms with Crippen molar-refractivity contribution in [3.63, 3.8) is 0 Å². The molecule has 1 amide bonds. The van der Waals surface area contributed by atoms with Crippen LogP contribution >= 0.6 is 0 Å². The number of sulfonamides is 1. The Morgan fingerprint density at radius 2 is 1.80 bits per heavy atom. The van der Waals surface area contributed by atoms with Gasteiger partial charge < -0.3 is 10.1 Å². The van der Waals surface area contributed by atoms with Crippen LogP contribution < -0.4 is 10.1 Å². The Bertz CT molecular complexity index is 786. The second-order valence-corrected chi connectivity index (χ2v) is 10.5. The van der Waals surface area contributed by atoms with Gasteiger partial charge in [-0.1, -0.05) is 26.2 Å². The van der Waals surface area contributed by atoms with Crippen LogP contribution in [0.1, 0.15) is 65.2 Å². The maximum atomic E-state index is 12.9. The van der Waals surface area contributed by atoms with Crippen LogP contribution in [0.15, 0.2) is 29.2 Å². The van der Waals surface area contributed by atoms with Crippen molar-refractivity contribution < 1.29 is 17.9 Å². The number of amides is 1. The van der Waals surface area contributed by atoms with Crippen molar-refractivity contribution >= 4 is 15.9 Å². The van der Waals surface area contributed by atoms with E-state index >= 15 is 0 Å². The Kier molecular flexibility index (Phi) is 8.17. The van der Waals surface area contributed by atoms with Gasteiger partial charge in [0.05, 0.1) is 11.5 Å². The van der Waals surface area contributed by atoms with E-state index in [-0.39, 0.29) is 16.7 Å². The van der Waals surface area contributed by atoms with Crippen LogP contribution in [-0.4, -0.2) is 44.4 Å². The molecule has 7 heteroatoms. The summed E-state index contributed by atoms with van der Waals surface area (Å²) < 4.78 is 32.8. The summed E-state index contributed by atoms with van der Waals surface area (Å²) in [7, 11) is -3.54. The lowest BCUT2D eigenvalue weighted by Gasteiger charge is -2.32. The molecule has 1 saturated carbocycles. The number of hydrogen-bond acceptors (Lipinski definition) is 4. The average Bonchev–Trinajstić information content (AvgIpc) is 3.19. The summed E-state index contributed by atoms with van der Waals surface area (Å²) >= 11 is 0. The highest BCUT2D eigenvalue weighted by Crippen LogP contribution is 2.31. The van der Waals surface area contributed by atoms with E-state index in [0.29, 0.717) is 50.2 Å². The molecule has 1 aromatic carbocycles. The SMILES string of the molecule is CCCCC1CCCC1NC(=O)C1CCN(S(=O)(=O)c2ccc(OCC)cc2)CC1. The summed E-state index contributed by atoms with van der Waals surface area (Å²) in [6.07, 6.45) is 8.24. The molecule has 0 bridgehead atoms. The molecule has 0 spiro atoms. The van der Waals surface area contributed by atoms with Crippen LogP contribution in [0.2, 0.25) is 0 Å². The molecule has 1 N–H and O–H groups in total. The van der Waals surface area contributed by atoms with Gasteiger partial charge >= 0.3 is 0 Å². The van der Waals surface area contributed by atoms with E-state index in [9.17, 15) is 13.2 Å². The molecule has 2 aliphatic rings. The van der Waals surface area contributed by atoms with E-state index in [1.165, 1.54) is 36.4 Å². The number of ether oxygens (including phenoxy) is 1. The number of piperidine rings is 1. The summed E-state index contributed by atoms with van der Waals surface area (Å²) in [5.74, 6) is 1.29. The standard InChI is InChI=1S/C23H36N2O4S/c1-3-5-7-18-8-6-9-22(18)24-23(26)19-14-16-25(17-15-19)30(27,28)21-12-10-20(11-13-21)29-4-2/h10-13,18-19,22H,3-9,14-17H2,1-2H3,(H,24,26). The number of benzene rings is 1. The second kappa shape index (κ2) is 10.6. The lowest BCUT2D eigenvalue weighted by atomic mass is 9.94. The molecule has 30 heavy (non-hydrogen) atoms. The minimum atomic E-state index is -3.54. The maximum absolute atomic E-state index is 12.9. The molecule has 1 aliphatic carbocycles. The number of hydrogen-bond donors (Lipinski definition) is 1. The van der Waals surface area contributed by atoms with Crippen molar-refractivity contribution in [3.05, 3.63) is 24.3 Å². The molecule has 1 saturated heterocycles. The first-order valence-electron chi connectivity index (χ1n) is 11.5. The Hall–Kier alpha value is -1.60. The molecule has 0 radical (unpaired) electrons. The molecule has 0 aromatic heterocycles. The van der Waals surface area contributed by atoms with Crippen LogP contribution in [0.5, 0.6) is 5.75 Å². The number of carbonyl (C=O) groups is 1. The molecule has 2 fully saturated rings. The smallest absolute Gasteiger partial charge is 0.243 e. The predicted molar refractivity (Wildman–Crippen MR) is 118 cm³/mol. The highest BCUT2D eigenvalue weighted by Gasteiger charge is 2.34. The Morgan fingerprint density at radius 3 is 2.43 bits per heavy atom. The van der Waals surface area contributed by atoms with E-state index in [2.05, 4.69) is 12.2 Å². The van der Waals surface area contributed by atoms with Crippen LogP contribution in [0.3, 0.4) is 0 Å². The summed E-state index contributed by atoms with van der Waals surface area (Å²) in [5, 5.41) is 3.29. The molecule has 2 atom stereocenters. The maximum Gasteiger partial charge on any atom is 0.243 e. The lowest BCUT2D eigenvalue weighted by Crippen LogP contribution is -2.46. The largest absolute Gasteiger partial charge is 0.494 e. The van der Waals surface area contributed by atoms with Gasteiger partial charge in [-0.3, -0.25) is 4.79 Å². The first kappa shape index (κ1) is 23.1.